The van der Waals surface area contributed by atoms with E-state index in [2.05, 4.69) is 10.6 Å². The lowest BCUT2D eigenvalue weighted by Gasteiger charge is -2.25. The lowest BCUT2D eigenvalue weighted by Crippen LogP contribution is -2.48. The Labute approximate surface area is 104 Å². The maximum Gasteiger partial charge on any atom is 0.341 e. The maximum absolute atomic E-state index is 11.6. The van der Waals surface area contributed by atoms with E-state index in [-0.39, 0.29) is 18.4 Å². The molecule has 0 saturated carbocycles. The molecule has 0 radical (unpaired) electrons. The number of amides is 1. The number of rotatable bonds is 5. The van der Waals surface area contributed by atoms with Gasteiger partial charge in [0.15, 0.2) is 6.61 Å². The molecule has 1 amide bonds. The Hall–Kier alpha value is -2.08. The highest BCUT2D eigenvalue weighted by molar-refractivity contribution is 5.93. The van der Waals surface area contributed by atoms with Gasteiger partial charge in [-0.05, 0) is 24.3 Å². The van der Waals surface area contributed by atoms with Gasteiger partial charge in [-0.15, -0.1) is 0 Å². The van der Waals surface area contributed by atoms with Crippen molar-refractivity contribution in [2.75, 3.05) is 25.0 Å². The summed E-state index contributed by atoms with van der Waals surface area (Å²) in [5, 5.41) is 14.3. The second kappa shape index (κ2) is 5.50. The minimum Gasteiger partial charge on any atom is -0.482 e. The molecule has 0 spiro atoms. The van der Waals surface area contributed by atoms with Crippen LogP contribution in [0, 0.1) is 5.92 Å². The van der Waals surface area contributed by atoms with Crippen molar-refractivity contribution in [3.05, 3.63) is 24.3 Å². The summed E-state index contributed by atoms with van der Waals surface area (Å²) in [4.78, 5) is 21.9. The Balaban J connectivity index is 1.86. The fraction of sp³-hybridized carbons (Fsp3) is 0.333. The first-order valence-corrected chi connectivity index (χ1v) is 5.61. The van der Waals surface area contributed by atoms with Crippen LogP contribution >= 0.6 is 0 Å². The Morgan fingerprint density at radius 3 is 2.50 bits per heavy atom. The molecule has 0 bridgehead atoms. The van der Waals surface area contributed by atoms with Crippen LogP contribution in [0.2, 0.25) is 0 Å². The third-order valence-electron chi connectivity index (χ3n) is 2.64. The second-order valence-corrected chi connectivity index (χ2v) is 4.05. The number of carboxylic acids is 1. The fourth-order valence-electron chi connectivity index (χ4n) is 1.50. The lowest BCUT2D eigenvalue weighted by molar-refractivity contribution is -0.139. The average Bonchev–Trinajstić information content (AvgIpc) is 2.25. The van der Waals surface area contributed by atoms with Crippen LogP contribution in [0.25, 0.3) is 0 Å². The average molecular weight is 250 g/mol. The molecule has 6 nitrogen and oxygen atoms in total. The van der Waals surface area contributed by atoms with Crippen molar-refractivity contribution in [2.45, 2.75) is 0 Å². The van der Waals surface area contributed by atoms with Crippen LogP contribution in [0.15, 0.2) is 24.3 Å². The molecule has 2 rings (SSSR count). The molecule has 0 unspecified atom stereocenters. The van der Waals surface area contributed by atoms with Crippen molar-refractivity contribution in [2.24, 2.45) is 5.92 Å². The highest BCUT2D eigenvalue weighted by Crippen LogP contribution is 2.16. The molecular weight excluding hydrogens is 236 g/mol. The minimum atomic E-state index is -1.02. The van der Waals surface area contributed by atoms with Crippen molar-refractivity contribution in [3.63, 3.8) is 0 Å². The fourth-order valence-corrected chi connectivity index (χ4v) is 1.50. The Morgan fingerprint density at radius 2 is 2.00 bits per heavy atom. The third-order valence-corrected chi connectivity index (χ3v) is 2.64. The van der Waals surface area contributed by atoms with Crippen LogP contribution in [0.1, 0.15) is 0 Å². The smallest absolute Gasteiger partial charge is 0.341 e. The first-order chi connectivity index (χ1) is 8.65. The van der Waals surface area contributed by atoms with Crippen LogP contribution in [0.4, 0.5) is 5.69 Å². The normalized spacial score (nSPS) is 14.7. The molecule has 1 heterocycles. The van der Waals surface area contributed by atoms with Gasteiger partial charge in [-0.25, -0.2) is 4.79 Å². The van der Waals surface area contributed by atoms with Crippen molar-refractivity contribution in [1.29, 1.82) is 0 Å². The molecule has 0 aliphatic carbocycles. The predicted octanol–water partition coefficient (Wildman–Crippen LogP) is 0.308. The highest BCUT2D eigenvalue weighted by atomic mass is 16.5. The molecule has 6 heteroatoms. The SMILES string of the molecule is O=C(O)COc1ccc(NC(=O)C2CNC2)cc1. The minimum absolute atomic E-state index is 0.00652. The van der Waals surface area contributed by atoms with Crippen LogP contribution < -0.4 is 15.4 Å². The molecule has 1 aromatic rings. The van der Waals surface area contributed by atoms with E-state index < -0.39 is 5.97 Å². The summed E-state index contributed by atoms with van der Waals surface area (Å²) in [6.45, 7) is 1.05. The number of nitrogens with one attached hydrogen (secondary N) is 2. The molecular formula is C12H14N2O4. The first-order valence-electron chi connectivity index (χ1n) is 5.61. The van der Waals surface area contributed by atoms with E-state index >= 15 is 0 Å². The van der Waals surface area contributed by atoms with Crippen molar-refractivity contribution in [3.8, 4) is 5.75 Å². The summed E-state index contributed by atoms with van der Waals surface area (Å²) in [5.74, 6) is -0.536. The molecule has 18 heavy (non-hydrogen) atoms. The van der Waals surface area contributed by atoms with Gasteiger partial charge >= 0.3 is 5.97 Å². The topological polar surface area (TPSA) is 87.7 Å². The quantitative estimate of drug-likeness (QED) is 0.700. The molecule has 96 valence electrons. The number of carboxylic acid groups (broad SMARTS) is 1. The van der Waals surface area contributed by atoms with Crippen LogP contribution in [-0.2, 0) is 9.59 Å². The van der Waals surface area contributed by atoms with Gasteiger partial charge in [0.2, 0.25) is 5.91 Å². The van der Waals surface area contributed by atoms with E-state index in [9.17, 15) is 9.59 Å². The largest absolute Gasteiger partial charge is 0.482 e. The summed E-state index contributed by atoms with van der Waals surface area (Å²) >= 11 is 0. The van der Waals surface area contributed by atoms with Gasteiger partial charge < -0.3 is 20.5 Å². The number of carbonyl (C=O) groups is 2. The molecule has 1 aliphatic heterocycles. The highest BCUT2D eigenvalue weighted by Gasteiger charge is 2.24. The van der Waals surface area contributed by atoms with Crippen molar-refractivity contribution >= 4 is 17.6 Å². The summed E-state index contributed by atoms with van der Waals surface area (Å²) in [7, 11) is 0. The number of ether oxygens (including phenoxy) is 1. The van der Waals surface area contributed by atoms with Gasteiger partial charge in [-0.2, -0.15) is 0 Å². The van der Waals surface area contributed by atoms with Gasteiger partial charge in [-0.1, -0.05) is 0 Å². The van der Waals surface area contributed by atoms with Crippen LogP contribution in [0.5, 0.6) is 5.75 Å². The van der Waals surface area contributed by atoms with Gasteiger partial charge in [0.25, 0.3) is 0 Å². The molecule has 1 aromatic carbocycles. The number of aliphatic carboxylic acids is 1. The van der Waals surface area contributed by atoms with E-state index in [0.29, 0.717) is 24.5 Å². The molecule has 0 aromatic heterocycles. The Bertz CT molecular complexity index is 440. The van der Waals surface area contributed by atoms with E-state index in [1.807, 2.05) is 0 Å². The van der Waals surface area contributed by atoms with E-state index in [1.165, 1.54) is 0 Å². The van der Waals surface area contributed by atoms with Crippen molar-refractivity contribution in [1.82, 2.24) is 5.32 Å². The summed E-state index contributed by atoms with van der Waals surface area (Å²) in [5.41, 5.74) is 0.676. The standard InChI is InChI=1S/C12H14N2O4/c15-11(16)7-18-10-3-1-9(2-4-10)14-12(17)8-5-13-6-8/h1-4,8,13H,5-7H2,(H,14,17)(H,15,16). The van der Waals surface area contributed by atoms with Gasteiger partial charge in [0.1, 0.15) is 5.75 Å². The lowest BCUT2D eigenvalue weighted by atomic mass is 10.0. The number of anilines is 1. The first kappa shape index (κ1) is 12.4. The molecule has 1 fully saturated rings. The maximum atomic E-state index is 11.6. The third kappa shape index (κ3) is 3.21. The number of carbonyl (C=O) groups excluding carboxylic acids is 1. The number of benzene rings is 1. The number of hydrogen-bond donors (Lipinski definition) is 3. The van der Waals surface area contributed by atoms with E-state index in [0.717, 1.165) is 0 Å². The van der Waals surface area contributed by atoms with Gasteiger partial charge in [0, 0.05) is 18.8 Å². The summed E-state index contributed by atoms with van der Waals surface area (Å²) in [6, 6.07) is 6.61. The van der Waals surface area contributed by atoms with Crippen molar-refractivity contribution < 1.29 is 19.4 Å². The van der Waals surface area contributed by atoms with Gasteiger partial charge in [0.05, 0.1) is 5.92 Å². The zero-order valence-electron chi connectivity index (χ0n) is 9.68. The zero-order chi connectivity index (χ0) is 13.0. The van der Waals surface area contributed by atoms with Crippen LogP contribution in [-0.4, -0.2) is 36.7 Å². The zero-order valence-corrected chi connectivity index (χ0v) is 9.68. The summed E-state index contributed by atoms with van der Waals surface area (Å²) in [6.07, 6.45) is 0. The molecule has 3 N–H and O–H groups in total. The van der Waals surface area contributed by atoms with Crippen LogP contribution in [0.3, 0.4) is 0 Å². The molecule has 1 aliphatic rings. The predicted molar refractivity (Wildman–Crippen MR) is 64.6 cm³/mol. The molecule has 1 saturated heterocycles. The van der Waals surface area contributed by atoms with E-state index in [4.69, 9.17) is 9.84 Å². The second-order valence-electron chi connectivity index (χ2n) is 4.05. The van der Waals surface area contributed by atoms with E-state index in [1.54, 1.807) is 24.3 Å². The number of hydrogen-bond acceptors (Lipinski definition) is 4. The monoisotopic (exact) mass is 250 g/mol. The molecule has 0 atom stereocenters. The Morgan fingerprint density at radius 1 is 1.33 bits per heavy atom. The Kier molecular flexibility index (Phi) is 3.78. The van der Waals surface area contributed by atoms with Gasteiger partial charge in [-0.3, -0.25) is 4.79 Å². The summed E-state index contributed by atoms with van der Waals surface area (Å²) < 4.78 is 4.98.